The van der Waals surface area contributed by atoms with Gasteiger partial charge in [0.05, 0.1) is 17.1 Å². The molecule has 2 nitrogen and oxygen atoms in total. The molecule has 0 spiro atoms. The van der Waals surface area contributed by atoms with Gasteiger partial charge in [-0.25, -0.2) is 0 Å². The summed E-state index contributed by atoms with van der Waals surface area (Å²) in [6.07, 6.45) is 2.79. The number of ketones is 1. The first-order valence-corrected chi connectivity index (χ1v) is 7.87. The van der Waals surface area contributed by atoms with Crippen LogP contribution in [0.5, 0.6) is 0 Å². The van der Waals surface area contributed by atoms with Crippen LogP contribution in [-0.4, -0.2) is 23.2 Å². The molecule has 0 aliphatic carbocycles. The van der Waals surface area contributed by atoms with Gasteiger partial charge in [0.1, 0.15) is 0 Å². The lowest BCUT2D eigenvalue weighted by molar-refractivity contribution is -0.0712. The maximum Gasteiger partial charge on any atom is 0.170 e. The second-order valence-electron chi connectivity index (χ2n) is 6.29. The van der Waals surface area contributed by atoms with Crippen molar-refractivity contribution in [3.05, 3.63) is 29.8 Å². The highest BCUT2D eigenvalue weighted by atomic mass is 32.2. The van der Waals surface area contributed by atoms with E-state index in [0.29, 0.717) is 0 Å². The Morgan fingerprint density at radius 2 is 1.89 bits per heavy atom. The van der Waals surface area contributed by atoms with Crippen LogP contribution in [-0.2, 0) is 4.74 Å². The second-order valence-corrected chi connectivity index (χ2v) is 7.13. The van der Waals surface area contributed by atoms with Gasteiger partial charge in [-0.1, -0.05) is 18.2 Å². The van der Waals surface area contributed by atoms with Crippen LogP contribution >= 0.6 is 11.8 Å². The van der Waals surface area contributed by atoms with Crippen LogP contribution in [0.4, 0.5) is 0 Å². The molecule has 1 aliphatic rings. The first-order valence-electron chi connectivity index (χ1n) is 6.64. The van der Waals surface area contributed by atoms with Crippen LogP contribution in [0.1, 0.15) is 44.5 Å². The van der Waals surface area contributed by atoms with Gasteiger partial charge < -0.3 is 4.74 Å². The van der Waals surface area contributed by atoms with Crippen molar-refractivity contribution in [2.45, 2.75) is 50.2 Å². The third-order valence-corrected chi connectivity index (χ3v) is 4.56. The summed E-state index contributed by atoms with van der Waals surface area (Å²) in [6.45, 7) is 8.16. The van der Waals surface area contributed by atoms with Crippen LogP contribution in [0.15, 0.2) is 29.2 Å². The second kappa shape index (κ2) is 4.95. The average molecular weight is 278 g/mol. The van der Waals surface area contributed by atoms with E-state index in [4.69, 9.17) is 4.74 Å². The van der Waals surface area contributed by atoms with Crippen molar-refractivity contribution in [1.29, 1.82) is 0 Å². The number of rotatable bonds is 3. The zero-order valence-electron chi connectivity index (χ0n) is 12.3. The first kappa shape index (κ1) is 14.6. The number of Topliss-reactive ketones (excluding diaryl/α,β-unsaturated/α-hetero) is 1. The van der Waals surface area contributed by atoms with Gasteiger partial charge in [0.15, 0.2) is 5.78 Å². The molecule has 0 saturated carbocycles. The van der Waals surface area contributed by atoms with Crippen molar-refractivity contribution in [3.8, 4) is 0 Å². The standard InChI is InChI=1S/C16H22O2S/c1-15(2)10-12(16(3,4)18-15)14(17)11-8-6-7-9-13(11)19-5/h6-9,12H,10H2,1-5H3. The lowest BCUT2D eigenvalue weighted by atomic mass is 9.81. The molecule has 1 aliphatic heterocycles. The zero-order valence-corrected chi connectivity index (χ0v) is 13.1. The fourth-order valence-corrected chi connectivity index (χ4v) is 3.61. The van der Waals surface area contributed by atoms with Crippen LogP contribution in [0, 0.1) is 5.92 Å². The van der Waals surface area contributed by atoms with Gasteiger partial charge >= 0.3 is 0 Å². The molecule has 0 N–H and O–H groups in total. The van der Waals surface area contributed by atoms with E-state index in [9.17, 15) is 4.79 Å². The summed E-state index contributed by atoms with van der Waals surface area (Å²) >= 11 is 1.62. The van der Waals surface area contributed by atoms with Crippen LogP contribution in [0.3, 0.4) is 0 Å². The average Bonchev–Trinajstić information content (AvgIpc) is 2.56. The number of thioether (sulfide) groups is 1. The van der Waals surface area contributed by atoms with Gasteiger partial charge in [0.25, 0.3) is 0 Å². The van der Waals surface area contributed by atoms with Crippen LogP contribution < -0.4 is 0 Å². The molecule has 0 radical (unpaired) electrons. The monoisotopic (exact) mass is 278 g/mol. The van der Waals surface area contributed by atoms with Gasteiger partial charge in [-0.3, -0.25) is 4.79 Å². The van der Waals surface area contributed by atoms with Gasteiger partial charge in [-0.2, -0.15) is 0 Å². The molecule has 0 amide bonds. The van der Waals surface area contributed by atoms with E-state index in [-0.39, 0.29) is 17.3 Å². The molecule has 19 heavy (non-hydrogen) atoms. The number of carbonyl (C=O) groups excluding carboxylic acids is 1. The summed E-state index contributed by atoms with van der Waals surface area (Å²) in [5.74, 6) is 0.135. The lowest BCUT2D eigenvalue weighted by Gasteiger charge is -2.26. The minimum atomic E-state index is -0.397. The van der Waals surface area contributed by atoms with E-state index < -0.39 is 5.60 Å². The number of benzene rings is 1. The summed E-state index contributed by atoms with van der Waals surface area (Å²) in [5.41, 5.74) is 0.207. The fourth-order valence-electron chi connectivity index (χ4n) is 3.01. The van der Waals surface area contributed by atoms with E-state index in [1.165, 1.54) is 0 Å². The third-order valence-electron chi connectivity index (χ3n) is 3.76. The summed E-state index contributed by atoms with van der Waals surface area (Å²) < 4.78 is 6.04. The Morgan fingerprint density at radius 1 is 1.26 bits per heavy atom. The Bertz CT molecular complexity index is 491. The summed E-state index contributed by atoms with van der Waals surface area (Å²) in [6, 6.07) is 7.84. The Balaban J connectivity index is 2.34. The maximum absolute atomic E-state index is 12.8. The molecule has 0 aromatic heterocycles. The van der Waals surface area contributed by atoms with Crippen molar-refractivity contribution in [1.82, 2.24) is 0 Å². The normalized spacial score (nSPS) is 24.4. The molecule has 0 bridgehead atoms. The van der Waals surface area contributed by atoms with E-state index in [1.54, 1.807) is 11.8 Å². The summed E-state index contributed by atoms with van der Waals surface area (Å²) in [5, 5.41) is 0. The topological polar surface area (TPSA) is 26.3 Å². The highest BCUT2D eigenvalue weighted by Crippen LogP contribution is 2.44. The Hall–Kier alpha value is -0.800. The molecule has 1 aromatic carbocycles. The fraction of sp³-hybridized carbons (Fsp3) is 0.562. The van der Waals surface area contributed by atoms with Crippen molar-refractivity contribution in [2.75, 3.05) is 6.26 Å². The van der Waals surface area contributed by atoms with E-state index in [1.807, 2.05) is 44.4 Å². The van der Waals surface area contributed by atoms with Crippen LogP contribution in [0.2, 0.25) is 0 Å². The molecular formula is C16H22O2S. The van der Waals surface area contributed by atoms with Gasteiger partial charge in [-0.05, 0) is 46.4 Å². The lowest BCUT2D eigenvalue weighted by Crippen LogP contribution is -2.34. The minimum absolute atomic E-state index is 0.0733. The van der Waals surface area contributed by atoms with Crippen molar-refractivity contribution >= 4 is 17.5 Å². The maximum atomic E-state index is 12.8. The predicted octanol–water partition coefficient (Wildman–Crippen LogP) is 4.18. The van der Waals surface area contributed by atoms with E-state index >= 15 is 0 Å². The van der Waals surface area contributed by atoms with Crippen molar-refractivity contribution in [2.24, 2.45) is 5.92 Å². The highest BCUT2D eigenvalue weighted by molar-refractivity contribution is 7.98. The van der Waals surface area contributed by atoms with E-state index in [0.717, 1.165) is 16.9 Å². The van der Waals surface area contributed by atoms with Crippen LogP contribution in [0.25, 0.3) is 0 Å². The van der Waals surface area contributed by atoms with Crippen molar-refractivity contribution < 1.29 is 9.53 Å². The molecule has 2 rings (SSSR count). The van der Waals surface area contributed by atoms with Gasteiger partial charge in [0.2, 0.25) is 0 Å². The Labute approximate surface area is 119 Å². The molecule has 1 saturated heterocycles. The quantitative estimate of drug-likeness (QED) is 0.612. The largest absolute Gasteiger partial charge is 0.369 e. The molecule has 1 fully saturated rings. The third kappa shape index (κ3) is 2.87. The predicted molar refractivity (Wildman–Crippen MR) is 79.9 cm³/mol. The molecule has 3 heteroatoms. The molecule has 1 aromatic rings. The Kier molecular flexibility index (Phi) is 3.80. The Morgan fingerprint density at radius 3 is 2.42 bits per heavy atom. The molecule has 104 valence electrons. The van der Waals surface area contributed by atoms with Gasteiger partial charge in [0, 0.05) is 10.5 Å². The number of hydrogen-bond acceptors (Lipinski definition) is 3. The first-order chi connectivity index (χ1) is 8.77. The minimum Gasteiger partial charge on any atom is -0.369 e. The molecule has 1 atom stereocenters. The zero-order chi connectivity index (χ0) is 14.3. The molecule has 1 unspecified atom stereocenters. The SMILES string of the molecule is CSc1ccccc1C(=O)C1CC(C)(C)OC1(C)C. The number of hydrogen-bond donors (Lipinski definition) is 0. The highest BCUT2D eigenvalue weighted by Gasteiger charge is 2.49. The molecular weight excluding hydrogens is 256 g/mol. The van der Waals surface area contributed by atoms with Crippen molar-refractivity contribution in [3.63, 3.8) is 0 Å². The summed E-state index contributed by atoms with van der Waals surface area (Å²) in [7, 11) is 0. The number of carbonyl (C=O) groups is 1. The van der Waals surface area contributed by atoms with E-state index in [2.05, 4.69) is 13.8 Å². The molecule has 1 heterocycles. The summed E-state index contributed by atoms with van der Waals surface area (Å²) in [4.78, 5) is 13.9. The number of ether oxygens (including phenoxy) is 1. The van der Waals surface area contributed by atoms with Gasteiger partial charge in [-0.15, -0.1) is 11.8 Å². The smallest absolute Gasteiger partial charge is 0.170 e.